The lowest BCUT2D eigenvalue weighted by Crippen LogP contribution is -2.36. The molecule has 1 saturated heterocycles. The summed E-state index contributed by atoms with van der Waals surface area (Å²) in [7, 11) is 0. The number of benzene rings is 1. The molecule has 1 amide bonds. The normalized spacial score (nSPS) is 19.0. The Kier molecular flexibility index (Phi) is 5.41. The fourth-order valence-corrected chi connectivity index (χ4v) is 4.86. The maximum Gasteiger partial charge on any atom is 0.265 e. The van der Waals surface area contributed by atoms with Crippen LogP contribution in [0.1, 0.15) is 40.6 Å². The van der Waals surface area contributed by atoms with Gasteiger partial charge in [-0.3, -0.25) is 4.79 Å². The van der Waals surface area contributed by atoms with E-state index in [1.807, 2.05) is 52.9 Å². The third-order valence-corrected chi connectivity index (χ3v) is 6.17. The SMILES string of the molecule is CSc1ccsc1C(=O)N1CCCC1CC(O)c1ccccc1. The molecule has 3 rings (SSSR count). The van der Waals surface area contributed by atoms with Gasteiger partial charge in [-0.05, 0) is 42.5 Å². The van der Waals surface area contributed by atoms with E-state index in [9.17, 15) is 9.90 Å². The molecule has 2 atom stereocenters. The summed E-state index contributed by atoms with van der Waals surface area (Å²) in [5.41, 5.74) is 0.924. The molecular formula is C18H21NO2S2. The summed E-state index contributed by atoms with van der Waals surface area (Å²) in [4.78, 5) is 16.7. The van der Waals surface area contributed by atoms with Crippen molar-refractivity contribution in [1.29, 1.82) is 0 Å². The molecule has 0 aliphatic carbocycles. The monoisotopic (exact) mass is 347 g/mol. The van der Waals surface area contributed by atoms with E-state index in [2.05, 4.69) is 0 Å². The Morgan fingerprint density at radius 2 is 2.17 bits per heavy atom. The van der Waals surface area contributed by atoms with Crippen LogP contribution in [-0.4, -0.2) is 34.8 Å². The van der Waals surface area contributed by atoms with E-state index in [1.165, 1.54) is 11.3 Å². The summed E-state index contributed by atoms with van der Waals surface area (Å²) in [5.74, 6) is 0.118. The highest BCUT2D eigenvalue weighted by molar-refractivity contribution is 7.98. The summed E-state index contributed by atoms with van der Waals surface area (Å²) in [6, 6.07) is 11.8. The van der Waals surface area contributed by atoms with Gasteiger partial charge < -0.3 is 10.0 Å². The van der Waals surface area contributed by atoms with Crippen molar-refractivity contribution < 1.29 is 9.90 Å². The second kappa shape index (κ2) is 7.51. The van der Waals surface area contributed by atoms with Crippen molar-refractivity contribution in [2.45, 2.75) is 36.3 Å². The zero-order chi connectivity index (χ0) is 16.2. The van der Waals surface area contributed by atoms with Crippen molar-refractivity contribution in [1.82, 2.24) is 4.90 Å². The molecule has 122 valence electrons. The Morgan fingerprint density at radius 1 is 1.39 bits per heavy atom. The number of thioether (sulfide) groups is 1. The standard InChI is InChI=1S/C18H21NO2S2/c1-22-16-9-11-23-17(16)18(21)19-10-5-8-14(19)12-15(20)13-6-3-2-4-7-13/h2-4,6-7,9,11,14-15,20H,5,8,10,12H2,1H3. The van der Waals surface area contributed by atoms with Gasteiger partial charge in [0.05, 0.1) is 6.10 Å². The van der Waals surface area contributed by atoms with Crippen LogP contribution in [0.15, 0.2) is 46.7 Å². The van der Waals surface area contributed by atoms with Crippen molar-refractivity contribution >= 4 is 29.0 Å². The van der Waals surface area contributed by atoms with E-state index in [0.717, 1.165) is 34.7 Å². The number of carbonyl (C=O) groups excluding carboxylic acids is 1. The molecule has 2 unspecified atom stereocenters. The van der Waals surface area contributed by atoms with Crippen molar-refractivity contribution in [3.8, 4) is 0 Å². The summed E-state index contributed by atoms with van der Waals surface area (Å²) in [6.45, 7) is 0.788. The second-order valence-electron chi connectivity index (χ2n) is 5.77. The van der Waals surface area contributed by atoms with Gasteiger partial charge >= 0.3 is 0 Å². The van der Waals surface area contributed by atoms with Gasteiger partial charge in [-0.1, -0.05) is 30.3 Å². The van der Waals surface area contributed by atoms with Gasteiger partial charge in [-0.2, -0.15) is 0 Å². The van der Waals surface area contributed by atoms with Crippen molar-refractivity contribution in [2.75, 3.05) is 12.8 Å². The van der Waals surface area contributed by atoms with Crippen LogP contribution in [0.3, 0.4) is 0 Å². The van der Waals surface area contributed by atoms with Crippen LogP contribution in [-0.2, 0) is 0 Å². The van der Waals surface area contributed by atoms with Gasteiger partial charge in [0.15, 0.2) is 0 Å². The van der Waals surface area contributed by atoms with Gasteiger partial charge in [0, 0.05) is 17.5 Å². The summed E-state index contributed by atoms with van der Waals surface area (Å²) < 4.78 is 0. The molecule has 1 aliphatic rings. The fourth-order valence-electron chi connectivity index (χ4n) is 3.16. The Bertz CT molecular complexity index is 656. The van der Waals surface area contributed by atoms with Gasteiger partial charge in [0.2, 0.25) is 0 Å². The quantitative estimate of drug-likeness (QED) is 0.824. The first-order chi connectivity index (χ1) is 11.2. The molecule has 1 aromatic carbocycles. The number of aliphatic hydroxyl groups excluding tert-OH is 1. The number of amides is 1. The van der Waals surface area contributed by atoms with E-state index >= 15 is 0 Å². The molecule has 0 saturated carbocycles. The zero-order valence-electron chi connectivity index (χ0n) is 13.1. The largest absolute Gasteiger partial charge is 0.388 e. The molecule has 1 aliphatic heterocycles. The minimum atomic E-state index is -0.516. The molecule has 5 heteroatoms. The predicted octanol–water partition coefficient (Wildman–Crippen LogP) is 4.20. The Balaban J connectivity index is 1.72. The summed E-state index contributed by atoms with van der Waals surface area (Å²) in [6.07, 6.45) is 4.07. The van der Waals surface area contributed by atoms with Crippen molar-refractivity contribution in [3.63, 3.8) is 0 Å². The van der Waals surface area contributed by atoms with Gasteiger partial charge in [0.25, 0.3) is 5.91 Å². The fraction of sp³-hybridized carbons (Fsp3) is 0.389. The third kappa shape index (κ3) is 3.62. The van der Waals surface area contributed by atoms with E-state index < -0.39 is 6.10 Å². The average molecular weight is 348 g/mol. The Morgan fingerprint density at radius 3 is 2.91 bits per heavy atom. The van der Waals surface area contributed by atoms with Crippen molar-refractivity contribution in [2.24, 2.45) is 0 Å². The number of hydrogen-bond donors (Lipinski definition) is 1. The molecule has 3 nitrogen and oxygen atoms in total. The van der Waals surface area contributed by atoms with E-state index in [1.54, 1.807) is 11.8 Å². The van der Waals surface area contributed by atoms with Crippen LogP contribution < -0.4 is 0 Å². The lowest BCUT2D eigenvalue weighted by molar-refractivity contribution is 0.0669. The predicted molar refractivity (Wildman–Crippen MR) is 96.2 cm³/mol. The van der Waals surface area contributed by atoms with E-state index in [-0.39, 0.29) is 11.9 Å². The highest BCUT2D eigenvalue weighted by Crippen LogP contribution is 2.32. The Labute approximate surface area is 145 Å². The van der Waals surface area contributed by atoms with Gasteiger partial charge in [-0.15, -0.1) is 23.1 Å². The van der Waals surface area contributed by atoms with Gasteiger partial charge in [-0.25, -0.2) is 0 Å². The number of carbonyl (C=O) groups is 1. The number of nitrogens with zero attached hydrogens (tertiary/aromatic N) is 1. The van der Waals surface area contributed by atoms with Crippen LogP contribution in [0, 0.1) is 0 Å². The molecular weight excluding hydrogens is 326 g/mol. The van der Waals surface area contributed by atoms with Crippen LogP contribution in [0.5, 0.6) is 0 Å². The Hall–Kier alpha value is -1.30. The summed E-state index contributed by atoms with van der Waals surface area (Å²) in [5, 5.41) is 12.4. The zero-order valence-corrected chi connectivity index (χ0v) is 14.8. The number of likely N-dealkylation sites (tertiary alicyclic amines) is 1. The molecule has 1 fully saturated rings. The lowest BCUT2D eigenvalue weighted by atomic mass is 10.0. The minimum absolute atomic E-state index is 0.118. The van der Waals surface area contributed by atoms with Crippen LogP contribution in [0.4, 0.5) is 0 Å². The van der Waals surface area contributed by atoms with Crippen molar-refractivity contribution in [3.05, 3.63) is 52.2 Å². The first-order valence-electron chi connectivity index (χ1n) is 7.86. The van der Waals surface area contributed by atoms with Gasteiger partial charge in [0.1, 0.15) is 4.88 Å². The maximum atomic E-state index is 12.9. The second-order valence-corrected chi connectivity index (χ2v) is 7.54. The minimum Gasteiger partial charge on any atom is -0.388 e. The maximum absolute atomic E-state index is 12.9. The lowest BCUT2D eigenvalue weighted by Gasteiger charge is -2.26. The van der Waals surface area contributed by atoms with Crippen LogP contribution >= 0.6 is 23.1 Å². The average Bonchev–Trinajstić information content (AvgIpc) is 3.24. The number of hydrogen-bond acceptors (Lipinski definition) is 4. The smallest absolute Gasteiger partial charge is 0.265 e. The molecule has 1 N–H and O–H groups in total. The topological polar surface area (TPSA) is 40.5 Å². The molecule has 1 aromatic heterocycles. The molecule has 0 radical (unpaired) electrons. The number of rotatable bonds is 5. The highest BCUT2D eigenvalue weighted by Gasteiger charge is 2.32. The molecule has 0 bridgehead atoms. The molecule has 23 heavy (non-hydrogen) atoms. The van der Waals surface area contributed by atoms with E-state index in [0.29, 0.717) is 6.42 Å². The summed E-state index contributed by atoms with van der Waals surface area (Å²) >= 11 is 3.13. The molecule has 2 heterocycles. The van der Waals surface area contributed by atoms with Crippen LogP contribution in [0.25, 0.3) is 0 Å². The van der Waals surface area contributed by atoms with Crippen LogP contribution in [0.2, 0.25) is 0 Å². The van der Waals surface area contributed by atoms with E-state index in [4.69, 9.17) is 0 Å². The first-order valence-corrected chi connectivity index (χ1v) is 9.96. The number of thiophene rings is 1. The third-order valence-electron chi connectivity index (χ3n) is 4.36. The highest BCUT2D eigenvalue weighted by atomic mass is 32.2. The number of aliphatic hydroxyl groups is 1. The molecule has 2 aromatic rings. The first kappa shape index (κ1) is 16.6. The molecule has 0 spiro atoms.